The number of likely N-dealkylation sites (tertiary alicyclic amines) is 1. The van der Waals surface area contributed by atoms with Gasteiger partial charge in [0.25, 0.3) is 0 Å². The number of amides is 3. The standard InChI is InChI=1S/C31H46N4O5.ClH/c1-5-14-31(3,4)30(40)35-15-8-11-27(35)29(39)34-26(28(38)33-20-25(37)19-32-18-21(2)36)17-22-12-13-23-9-6-7-10-24(23)16-22;/h6-7,9-10,12-13,16,21,25-27,32,36-37H,5,8,11,14-15,17-20H2,1-4H3,(H,33,38)(H,34,39);1H/t21-,25?,26-,27+;/m1./s1. The van der Waals surface area contributed by atoms with Crippen molar-refractivity contribution in [3.8, 4) is 0 Å². The van der Waals surface area contributed by atoms with Crippen LogP contribution in [0.3, 0.4) is 0 Å². The highest BCUT2D eigenvalue weighted by Gasteiger charge is 2.41. The van der Waals surface area contributed by atoms with Gasteiger partial charge in [0.2, 0.25) is 17.7 Å². The monoisotopic (exact) mass is 590 g/mol. The van der Waals surface area contributed by atoms with E-state index >= 15 is 0 Å². The topological polar surface area (TPSA) is 131 Å². The van der Waals surface area contributed by atoms with Gasteiger partial charge in [-0.3, -0.25) is 14.4 Å². The Labute approximate surface area is 249 Å². The first-order chi connectivity index (χ1) is 19.0. The summed E-state index contributed by atoms with van der Waals surface area (Å²) in [6.07, 6.45) is 1.76. The number of nitrogens with zero attached hydrogens (tertiary/aromatic N) is 1. The predicted octanol–water partition coefficient (Wildman–Crippen LogP) is 2.55. The molecular weight excluding hydrogens is 544 g/mol. The Morgan fingerprint density at radius 2 is 1.76 bits per heavy atom. The SMILES string of the molecule is CCCC(C)(C)C(=O)N1CCC[C@H]1C(=O)N[C@H](Cc1ccc2ccccc2c1)C(=O)NCC(O)CNC[C@@H](C)O.Cl. The van der Waals surface area contributed by atoms with Crippen LogP contribution in [0.5, 0.6) is 0 Å². The Balaban J connectivity index is 0.00000588. The third-order valence-electron chi connectivity index (χ3n) is 7.49. The lowest BCUT2D eigenvalue weighted by molar-refractivity contribution is -0.146. The summed E-state index contributed by atoms with van der Waals surface area (Å²) in [5.74, 6) is -0.771. The zero-order chi connectivity index (χ0) is 29.3. The van der Waals surface area contributed by atoms with Crippen LogP contribution in [0.4, 0.5) is 0 Å². The lowest BCUT2D eigenvalue weighted by Crippen LogP contribution is -2.56. The van der Waals surface area contributed by atoms with Crippen molar-refractivity contribution in [2.24, 2.45) is 5.41 Å². The predicted molar refractivity (Wildman–Crippen MR) is 164 cm³/mol. The molecule has 1 unspecified atom stereocenters. The van der Waals surface area contributed by atoms with E-state index in [1.54, 1.807) is 11.8 Å². The molecule has 1 aliphatic rings. The lowest BCUT2D eigenvalue weighted by Gasteiger charge is -2.33. The maximum Gasteiger partial charge on any atom is 0.243 e. The zero-order valence-corrected chi connectivity index (χ0v) is 25.5. The zero-order valence-electron chi connectivity index (χ0n) is 24.7. The van der Waals surface area contributed by atoms with Gasteiger partial charge < -0.3 is 31.1 Å². The van der Waals surface area contributed by atoms with Crippen LogP contribution < -0.4 is 16.0 Å². The Kier molecular flexibility index (Phi) is 13.5. The third-order valence-corrected chi connectivity index (χ3v) is 7.49. The average molecular weight is 591 g/mol. The van der Waals surface area contributed by atoms with Crippen molar-refractivity contribution in [1.29, 1.82) is 0 Å². The van der Waals surface area contributed by atoms with Gasteiger partial charge in [0.05, 0.1) is 12.2 Å². The van der Waals surface area contributed by atoms with E-state index in [2.05, 4.69) is 16.0 Å². The Hall–Kier alpha value is -2.72. The maximum atomic E-state index is 13.5. The largest absolute Gasteiger partial charge is 0.392 e. The summed E-state index contributed by atoms with van der Waals surface area (Å²) >= 11 is 0. The summed E-state index contributed by atoms with van der Waals surface area (Å²) < 4.78 is 0. The molecule has 5 N–H and O–H groups in total. The van der Waals surface area contributed by atoms with Crippen molar-refractivity contribution in [3.05, 3.63) is 48.0 Å². The van der Waals surface area contributed by atoms with Crippen molar-refractivity contribution in [1.82, 2.24) is 20.9 Å². The fraction of sp³-hybridized carbons (Fsp3) is 0.581. The molecule has 0 radical (unpaired) electrons. The Morgan fingerprint density at radius 1 is 1.05 bits per heavy atom. The molecule has 1 heterocycles. The molecule has 1 saturated heterocycles. The maximum absolute atomic E-state index is 13.5. The Bertz CT molecular complexity index is 1160. The molecule has 3 rings (SSSR count). The van der Waals surface area contributed by atoms with E-state index in [9.17, 15) is 24.6 Å². The lowest BCUT2D eigenvalue weighted by atomic mass is 9.86. The van der Waals surface area contributed by atoms with E-state index in [-0.39, 0.29) is 43.7 Å². The molecule has 0 bridgehead atoms. The van der Waals surface area contributed by atoms with Crippen LogP contribution in [-0.4, -0.2) is 83.3 Å². The fourth-order valence-electron chi connectivity index (χ4n) is 5.35. The van der Waals surface area contributed by atoms with E-state index in [0.29, 0.717) is 19.5 Å². The number of hydrogen-bond acceptors (Lipinski definition) is 6. The summed E-state index contributed by atoms with van der Waals surface area (Å²) in [7, 11) is 0. The molecule has 1 aliphatic heterocycles. The van der Waals surface area contributed by atoms with Crippen LogP contribution in [0.1, 0.15) is 58.9 Å². The van der Waals surface area contributed by atoms with Crippen LogP contribution in [-0.2, 0) is 20.8 Å². The van der Waals surface area contributed by atoms with Crippen molar-refractivity contribution < 1.29 is 24.6 Å². The summed E-state index contributed by atoms with van der Waals surface area (Å²) in [5.41, 5.74) is 0.332. The van der Waals surface area contributed by atoms with Gasteiger partial charge in [-0.1, -0.05) is 69.7 Å². The molecule has 2 aromatic carbocycles. The second kappa shape index (κ2) is 16.1. The molecule has 228 valence electrons. The molecule has 9 nitrogen and oxygen atoms in total. The van der Waals surface area contributed by atoms with Gasteiger partial charge in [0.1, 0.15) is 12.1 Å². The number of halogens is 1. The summed E-state index contributed by atoms with van der Waals surface area (Å²) in [6.45, 7) is 8.58. The van der Waals surface area contributed by atoms with E-state index in [1.807, 2.05) is 63.2 Å². The highest BCUT2D eigenvalue weighted by atomic mass is 35.5. The number of rotatable bonds is 14. The molecule has 4 atom stereocenters. The van der Waals surface area contributed by atoms with Crippen molar-refractivity contribution >= 4 is 40.9 Å². The van der Waals surface area contributed by atoms with Crippen LogP contribution in [0, 0.1) is 5.41 Å². The van der Waals surface area contributed by atoms with E-state index in [0.717, 1.165) is 35.6 Å². The van der Waals surface area contributed by atoms with Crippen LogP contribution in [0.2, 0.25) is 0 Å². The fourth-order valence-corrected chi connectivity index (χ4v) is 5.35. The van der Waals surface area contributed by atoms with Crippen LogP contribution >= 0.6 is 12.4 Å². The van der Waals surface area contributed by atoms with E-state index in [1.165, 1.54) is 0 Å². The quantitative estimate of drug-likeness (QED) is 0.230. The minimum Gasteiger partial charge on any atom is -0.392 e. The highest BCUT2D eigenvalue weighted by molar-refractivity contribution is 5.93. The second-order valence-electron chi connectivity index (χ2n) is 11.6. The first-order valence-electron chi connectivity index (χ1n) is 14.5. The van der Waals surface area contributed by atoms with Gasteiger partial charge in [0, 0.05) is 38.0 Å². The second-order valence-corrected chi connectivity index (χ2v) is 11.6. The van der Waals surface area contributed by atoms with Crippen LogP contribution in [0.15, 0.2) is 42.5 Å². The number of aliphatic hydroxyl groups is 2. The smallest absolute Gasteiger partial charge is 0.243 e. The minimum absolute atomic E-state index is 0. The van der Waals surface area contributed by atoms with Crippen molar-refractivity contribution in [3.63, 3.8) is 0 Å². The molecule has 0 aliphatic carbocycles. The molecule has 3 amide bonds. The van der Waals surface area contributed by atoms with Gasteiger partial charge in [-0.15, -0.1) is 12.4 Å². The third kappa shape index (κ3) is 9.95. The number of nitrogens with one attached hydrogen (secondary N) is 3. The first kappa shape index (κ1) is 34.5. The van der Waals surface area contributed by atoms with Gasteiger partial charge in [-0.2, -0.15) is 0 Å². The summed E-state index contributed by atoms with van der Waals surface area (Å²) in [5, 5.41) is 30.4. The van der Waals surface area contributed by atoms with E-state index < -0.39 is 35.6 Å². The molecular formula is C31H47ClN4O5. The molecule has 1 fully saturated rings. The summed E-state index contributed by atoms with van der Waals surface area (Å²) in [6, 6.07) is 12.4. The molecule has 2 aromatic rings. The molecule has 0 aromatic heterocycles. The average Bonchev–Trinajstić information content (AvgIpc) is 3.40. The normalized spacial score (nSPS) is 17.4. The molecule has 41 heavy (non-hydrogen) atoms. The molecule has 0 spiro atoms. The molecule has 0 saturated carbocycles. The van der Waals surface area contributed by atoms with E-state index in [4.69, 9.17) is 0 Å². The number of aliphatic hydroxyl groups excluding tert-OH is 2. The first-order valence-corrected chi connectivity index (χ1v) is 14.5. The number of carbonyl (C=O) groups excluding carboxylic acids is 3. The van der Waals surface area contributed by atoms with Gasteiger partial charge >= 0.3 is 0 Å². The highest BCUT2D eigenvalue weighted by Crippen LogP contribution is 2.30. The van der Waals surface area contributed by atoms with Crippen LogP contribution in [0.25, 0.3) is 10.8 Å². The van der Waals surface area contributed by atoms with Gasteiger partial charge in [0.15, 0.2) is 0 Å². The minimum atomic E-state index is -0.882. The number of carbonyl (C=O) groups is 3. The molecule has 10 heteroatoms. The van der Waals surface area contributed by atoms with Crippen molar-refractivity contribution in [2.75, 3.05) is 26.2 Å². The number of hydrogen-bond donors (Lipinski definition) is 5. The van der Waals surface area contributed by atoms with Gasteiger partial charge in [-0.25, -0.2) is 0 Å². The number of benzene rings is 2. The van der Waals surface area contributed by atoms with Crippen molar-refractivity contribution in [2.45, 2.75) is 84.1 Å². The summed E-state index contributed by atoms with van der Waals surface area (Å²) in [4.78, 5) is 41.9. The Morgan fingerprint density at radius 3 is 2.44 bits per heavy atom. The number of fused-ring (bicyclic) bond motifs is 1. The van der Waals surface area contributed by atoms with Gasteiger partial charge in [-0.05, 0) is 42.5 Å².